The van der Waals surface area contributed by atoms with Crippen molar-refractivity contribution in [3.63, 3.8) is 0 Å². The lowest BCUT2D eigenvalue weighted by Crippen LogP contribution is -2.10. The van der Waals surface area contributed by atoms with E-state index in [-0.39, 0.29) is 0 Å². The van der Waals surface area contributed by atoms with Crippen molar-refractivity contribution in [2.45, 2.75) is 19.7 Å². The summed E-state index contributed by atoms with van der Waals surface area (Å²) in [5, 5.41) is 13.9. The van der Waals surface area contributed by atoms with Crippen LogP contribution in [0.2, 0.25) is 5.82 Å². The summed E-state index contributed by atoms with van der Waals surface area (Å²) in [6, 6.07) is 0. The zero-order chi connectivity index (χ0) is 6.73. The fraction of sp³-hybridized carbons (Fsp3) is 0.600. The molecule has 0 unspecified atom stereocenters. The first-order valence-corrected chi connectivity index (χ1v) is 2.41. The largest absolute Gasteiger partial charge is 0.310 e. The molecule has 0 atom stereocenters. The molecule has 0 bridgehead atoms. The molecular formula is C5H9BN2. The van der Waals surface area contributed by atoms with Gasteiger partial charge in [-0.25, -0.2) is 0 Å². The van der Waals surface area contributed by atoms with Gasteiger partial charge >= 0.3 is 0 Å². The average molecular weight is 108 g/mol. The van der Waals surface area contributed by atoms with Gasteiger partial charge in [-0.15, -0.1) is 0 Å². The molecule has 0 heterocycles. The third-order valence-electron chi connectivity index (χ3n) is 0.933. The van der Waals surface area contributed by atoms with Gasteiger partial charge in [-0.05, 0) is 19.7 Å². The molecule has 42 valence electrons. The molecule has 0 fully saturated rings. The number of nitrogens with one attached hydrogen (secondary N) is 2. The Morgan fingerprint density at radius 1 is 1.25 bits per heavy atom. The van der Waals surface area contributed by atoms with Gasteiger partial charge in [0.1, 0.15) is 0 Å². The Bertz CT molecular complexity index is 106. The quantitative estimate of drug-likeness (QED) is 0.392. The molecule has 0 aromatic heterocycles. The lowest BCUT2D eigenvalue weighted by Gasteiger charge is -2.05. The first-order valence-electron chi connectivity index (χ1n) is 2.41. The zero-order valence-corrected chi connectivity index (χ0v) is 5.15. The topological polar surface area (TPSA) is 47.7 Å². The summed E-state index contributed by atoms with van der Waals surface area (Å²) in [6.45, 7) is 3.20. The molecule has 2 radical (unpaired) electrons. The maximum absolute atomic E-state index is 6.96. The molecule has 0 saturated carbocycles. The molecule has 0 aliphatic carbocycles. The van der Waals surface area contributed by atoms with Crippen LogP contribution >= 0.6 is 0 Å². The molecule has 0 aliphatic heterocycles. The second-order valence-electron chi connectivity index (χ2n) is 1.84. The van der Waals surface area contributed by atoms with Crippen LogP contribution in [-0.2, 0) is 0 Å². The summed E-state index contributed by atoms with van der Waals surface area (Å²) in [5.41, 5.74) is 0.690. The predicted octanol–water partition coefficient (Wildman–Crippen LogP) is 1.02. The van der Waals surface area contributed by atoms with Gasteiger partial charge < -0.3 is 10.8 Å². The van der Waals surface area contributed by atoms with Crippen molar-refractivity contribution in [1.82, 2.24) is 0 Å². The van der Waals surface area contributed by atoms with Gasteiger partial charge in [-0.3, -0.25) is 0 Å². The van der Waals surface area contributed by atoms with Crippen LogP contribution in [0, 0.1) is 10.8 Å². The van der Waals surface area contributed by atoms with Gasteiger partial charge in [0.15, 0.2) is 0 Å². The molecule has 8 heavy (non-hydrogen) atoms. The highest BCUT2D eigenvalue weighted by molar-refractivity contribution is 6.36. The lowest BCUT2D eigenvalue weighted by molar-refractivity contribution is 1.31. The fourth-order valence-electron chi connectivity index (χ4n) is 0.325. The minimum Gasteiger partial charge on any atom is -0.310 e. The minimum absolute atomic E-state index is 0.345. The van der Waals surface area contributed by atoms with Crippen LogP contribution < -0.4 is 0 Å². The highest BCUT2D eigenvalue weighted by Crippen LogP contribution is 2.00. The van der Waals surface area contributed by atoms with Gasteiger partial charge in [0.2, 0.25) is 0 Å². The molecule has 0 aromatic rings. The Balaban J connectivity index is 3.83. The van der Waals surface area contributed by atoms with E-state index in [4.69, 9.17) is 18.7 Å². The van der Waals surface area contributed by atoms with Crippen LogP contribution in [0.3, 0.4) is 0 Å². The SMILES string of the molecule is [B]C(C(C)=N)C(C)=N. The number of hydrogen-bond acceptors (Lipinski definition) is 2. The Morgan fingerprint density at radius 2 is 1.50 bits per heavy atom. The Hall–Kier alpha value is -0.595. The Kier molecular flexibility index (Phi) is 2.45. The molecule has 0 spiro atoms. The third kappa shape index (κ3) is 1.91. The maximum atomic E-state index is 6.96. The van der Waals surface area contributed by atoms with Crippen molar-refractivity contribution >= 4 is 19.3 Å². The summed E-state index contributed by atoms with van der Waals surface area (Å²) >= 11 is 0. The molecule has 0 saturated heterocycles. The second kappa shape index (κ2) is 2.65. The maximum Gasteiger partial charge on any atom is 0.0861 e. The van der Waals surface area contributed by atoms with Crippen LogP contribution in [0.1, 0.15) is 13.8 Å². The van der Waals surface area contributed by atoms with Crippen molar-refractivity contribution in [3.8, 4) is 0 Å². The highest BCUT2D eigenvalue weighted by atomic mass is 14.5. The summed E-state index contributed by atoms with van der Waals surface area (Å²) in [7, 11) is 5.31. The standard InChI is InChI=1S/C5H9BN2/c1-3(7)5(6)4(2)8/h5,7-8H,1-2H3. The van der Waals surface area contributed by atoms with E-state index in [9.17, 15) is 0 Å². The monoisotopic (exact) mass is 108 g/mol. The van der Waals surface area contributed by atoms with Gasteiger partial charge in [0.25, 0.3) is 0 Å². The summed E-state index contributed by atoms with van der Waals surface area (Å²) in [6.07, 6.45) is 0. The van der Waals surface area contributed by atoms with E-state index in [0.29, 0.717) is 11.4 Å². The molecule has 0 aliphatic rings. The Labute approximate surface area is 50.7 Å². The van der Waals surface area contributed by atoms with E-state index >= 15 is 0 Å². The van der Waals surface area contributed by atoms with E-state index < -0.39 is 5.82 Å². The molecule has 3 heteroatoms. The second-order valence-corrected chi connectivity index (χ2v) is 1.84. The van der Waals surface area contributed by atoms with Gasteiger partial charge in [-0.2, -0.15) is 0 Å². The van der Waals surface area contributed by atoms with E-state index in [1.807, 2.05) is 0 Å². The normalized spacial score (nSPS) is 12.8. The van der Waals surface area contributed by atoms with Crippen molar-refractivity contribution < 1.29 is 0 Å². The van der Waals surface area contributed by atoms with E-state index in [1.165, 1.54) is 0 Å². The molecule has 0 aromatic carbocycles. The first kappa shape index (κ1) is 7.40. The molecule has 0 amide bonds. The van der Waals surface area contributed by atoms with Crippen LogP contribution in [-0.4, -0.2) is 19.3 Å². The van der Waals surface area contributed by atoms with Crippen molar-refractivity contribution in [2.24, 2.45) is 0 Å². The Morgan fingerprint density at radius 3 is 1.50 bits per heavy atom. The number of hydrogen-bond donors (Lipinski definition) is 2. The van der Waals surface area contributed by atoms with Gasteiger partial charge in [-0.1, -0.05) is 0 Å². The first-order chi connectivity index (χ1) is 3.55. The van der Waals surface area contributed by atoms with E-state index in [1.54, 1.807) is 13.8 Å². The molecule has 2 N–H and O–H groups in total. The lowest BCUT2D eigenvalue weighted by atomic mass is 9.80. The summed E-state index contributed by atoms with van der Waals surface area (Å²) in [5.74, 6) is -0.463. The summed E-state index contributed by atoms with van der Waals surface area (Å²) in [4.78, 5) is 0. The average Bonchev–Trinajstić information content (AvgIpc) is 1.64. The van der Waals surface area contributed by atoms with Gasteiger partial charge in [0, 0.05) is 11.4 Å². The van der Waals surface area contributed by atoms with Crippen LogP contribution in [0.25, 0.3) is 0 Å². The predicted molar refractivity (Wildman–Crippen MR) is 36.3 cm³/mol. The zero-order valence-electron chi connectivity index (χ0n) is 5.15. The highest BCUT2D eigenvalue weighted by Gasteiger charge is 2.03. The summed E-state index contributed by atoms with van der Waals surface area (Å²) < 4.78 is 0. The van der Waals surface area contributed by atoms with E-state index in [0.717, 1.165) is 0 Å². The van der Waals surface area contributed by atoms with E-state index in [2.05, 4.69) is 0 Å². The fourth-order valence-corrected chi connectivity index (χ4v) is 0.325. The molecular weight excluding hydrogens is 98.9 g/mol. The third-order valence-corrected chi connectivity index (χ3v) is 0.933. The van der Waals surface area contributed by atoms with Crippen LogP contribution in [0.15, 0.2) is 0 Å². The van der Waals surface area contributed by atoms with Crippen LogP contribution in [0.4, 0.5) is 0 Å². The van der Waals surface area contributed by atoms with Gasteiger partial charge in [0.05, 0.1) is 7.85 Å². The molecule has 2 nitrogen and oxygen atoms in total. The van der Waals surface area contributed by atoms with Crippen molar-refractivity contribution in [2.75, 3.05) is 0 Å². The number of rotatable bonds is 2. The smallest absolute Gasteiger partial charge is 0.0861 e. The van der Waals surface area contributed by atoms with Crippen molar-refractivity contribution in [3.05, 3.63) is 0 Å². The van der Waals surface area contributed by atoms with Crippen molar-refractivity contribution in [1.29, 1.82) is 10.8 Å². The minimum atomic E-state index is -0.463. The van der Waals surface area contributed by atoms with Crippen LogP contribution in [0.5, 0.6) is 0 Å². The molecule has 0 rings (SSSR count).